The molecule has 1 saturated carbocycles. The van der Waals surface area contributed by atoms with Gasteiger partial charge in [0.1, 0.15) is 0 Å². The summed E-state index contributed by atoms with van der Waals surface area (Å²) in [6.45, 7) is 9.60. The average Bonchev–Trinajstić information content (AvgIpc) is 2.94. The van der Waals surface area contributed by atoms with Crippen molar-refractivity contribution in [3.8, 4) is 0 Å². The van der Waals surface area contributed by atoms with Crippen LogP contribution in [0, 0.1) is 29.6 Å². The number of carbonyl (C=O) groups is 1. The summed E-state index contributed by atoms with van der Waals surface area (Å²) in [6.07, 6.45) is 4.04. The largest absolute Gasteiger partial charge is 0.478 e. The predicted octanol–water partition coefficient (Wildman–Crippen LogP) is 5.42. The maximum Gasteiger partial charge on any atom is 0.335 e. The molecule has 1 aromatic rings. The second-order valence-corrected chi connectivity index (χ2v) is 10.2. The van der Waals surface area contributed by atoms with Crippen molar-refractivity contribution in [1.29, 1.82) is 0 Å². The summed E-state index contributed by atoms with van der Waals surface area (Å²) in [6, 6.07) is 4.63. The van der Waals surface area contributed by atoms with Gasteiger partial charge in [-0.2, -0.15) is 0 Å². The van der Waals surface area contributed by atoms with Crippen LogP contribution in [-0.4, -0.2) is 41.1 Å². The van der Waals surface area contributed by atoms with Crippen LogP contribution in [-0.2, 0) is 16.1 Å². The number of fused-ring (bicyclic) bond motifs is 1. The lowest BCUT2D eigenvalue weighted by atomic mass is 9.62. The molecule has 1 saturated heterocycles. The Hall–Kier alpha value is -1.14. The summed E-state index contributed by atoms with van der Waals surface area (Å²) >= 11 is 6.22. The highest BCUT2D eigenvalue weighted by Gasteiger charge is 2.43. The van der Waals surface area contributed by atoms with Crippen LogP contribution >= 0.6 is 11.6 Å². The summed E-state index contributed by atoms with van der Waals surface area (Å²) in [5.41, 5.74) is 0.868. The van der Waals surface area contributed by atoms with Crippen LogP contribution in [0.4, 0.5) is 0 Å². The summed E-state index contributed by atoms with van der Waals surface area (Å²) in [5.74, 6) is 1.39. The standard InChI is InChI=1S/C25H37ClO5/c1-14-5-9-21(22-13-30-15(2)6-10-20(14)22)16(3)24(27)17(4)31-12-19-8-7-18(25(28)29)11-23(19)26/h7-8,11,14-17,20-22,24,27H,5-6,9-10,12-13H2,1-4H3,(H,28,29)/t14-,15?,16-,17-,20+,21+,22?,24+/m1/s1. The molecular formula is C25H37ClO5. The molecule has 0 amide bonds. The molecule has 0 spiro atoms. The summed E-state index contributed by atoms with van der Waals surface area (Å²) in [5, 5.41) is 20.5. The van der Waals surface area contributed by atoms with Crippen LogP contribution in [0.5, 0.6) is 0 Å². The van der Waals surface area contributed by atoms with Crippen molar-refractivity contribution in [2.75, 3.05) is 6.61 Å². The molecule has 1 heterocycles. The Morgan fingerprint density at radius 2 is 1.94 bits per heavy atom. The lowest BCUT2D eigenvalue weighted by Crippen LogP contribution is -2.44. The van der Waals surface area contributed by atoms with Gasteiger partial charge < -0.3 is 19.7 Å². The van der Waals surface area contributed by atoms with E-state index in [0.717, 1.165) is 25.0 Å². The lowest BCUT2D eigenvalue weighted by Gasteiger charge is -2.45. The topological polar surface area (TPSA) is 76.0 Å². The van der Waals surface area contributed by atoms with Crippen molar-refractivity contribution in [3.63, 3.8) is 0 Å². The minimum Gasteiger partial charge on any atom is -0.478 e. The first kappa shape index (κ1) is 24.5. The predicted molar refractivity (Wildman–Crippen MR) is 121 cm³/mol. The fraction of sp³-hybridized carbons (Fsp3) is 0.720. The zero-order chi connectivity index (χ0) is 22.7. The van der Waals surface area contributed by atoms with Crippen LogP contribution in [0.25, 0.3) is 0 Å². The molecule has 1 aromatic carbocycles. The van der Waals surface area contributed by atoms with E-state index in [9.17, 15) is 9.90 Å². The molecule has 2 N–H and O–H groups in total. The Labute approximate surface area is 191 Å². The van der Waals surface area contributed by atoms with Gasteiger partial charge in [-0.25, -0.2) is 4.79 Å². The number of aromatic carboxylic acids is 1. The Balaban J connectivity index is 1.62. The van der Waals surface area contributed by atoms with Crippen LogP contribution in [0.1, 0.15) is 69.3 Å². The third-order valence-corrected chi connectivity index (χ3v) is 8.11. The van der Waals surface area contributed by atoms with Gasteiger partial charge in [-0.1, -0.05) is 37.9 Å². The van der Waals surface area contributed by atoms with Crippen molar-refractivity contribution in [2.24, 2.45) is 29.6 Å². The first-order chi connectivity index (χ1) is 14.7. The van der Waals surface area contributed by atoms with E-state index in [0.29, 0.717) is 34.8 Å². The van der Waals surface area contributed by atoms with Gasteiger partial charge in [0.15, 0.2) is 0 Å². The quantitative estimate of drug-likeness (QED) is 0.577. The van der Waals surface area contributed by atoms with Gasteiger partial charge in [-0.05, 0) is 80.4 Å². The van der Waals surface area contributed by atoms with Crippen LogP contribution in [0.3, 0.4) is 0 Å². The SMILES string of the molecule is CC1CC[C@@H]2C(CO1)[C@H]([C@@H](C)[C@H](O)[C@@H](C)OCc1ccc(C(=O)O)cc1Cl)CC[C@H]2C. The molecule has 0 aromatic heterocycles. The van der Waals surface area contributed by atoms with Gasteiger partial charge in [0.2, 0.25) is 0 Å². The molecule has 3 rings (SSSR count). The Morgan fingerprint density at radius 1 is 1.19 bits per heavy atom. The molecule has 8 atom stereocenters. The molecule has 5 nitrogen and oxygen atoms in total. The van der Waals surface area contributed by atoms with E-state index < -0.39 is 12.1 Å². The molecule has 2 fully saturated rings. The third-order valence-electron chi connectivity index (χ3n) is 7.76. The van der Waals surface area contributed by atoms with E-state index in [1.165, 1.54) is 25.0 Å². The molecular weight excluding hydrogens is 416 g/mol. The number of aliphatic hydroxyl groups excluding tert-OH is 1. The molecule has 2 unspecified atom stereocenters. The molecule has 1 aliphatic heterocycles. The molecule has 1 aliphatic carbocycles. The molecule has 31 heavy (non-hydrogen) atoms. The normalized spacial score (nSPS) is 31.9. The van der Waals surface area contributed by atoms with Crippen LogP contribution in [0.2, 0.25) is 5.02 Å². The molecule has 174 valence electrons. The Morgan fingerprint density at radius 3 is 2.61 bits per heavy atom. The lowest BCUT2D eigenvalue weighted by molar-refractivity contribution is -0.0908. The van der Waals surface area contributed by atoms with Gasteiger partial charge in [0.25, 0.3) is 0 Å². The van der Waals surface area contributed by atoms with Gasteiger partial charge >= 0.3 is 5.97 Å². The number of hydrogen-bond acceptors (Lipinski definition) is 4. The van der Waals surface area contributed by atoms with Gasteiger partial charge in [0, 0.05) is 5.02 Å². The first-order valence-corrected chi connectivity index (χ1v) is 12.0. The molecule has 0 radical (unpaired) electrons. The monoisotopic (exact) mass is 452 g/mol. The number of carboxylic acids is 1. The zero-order valence-corrected chi connectivity index (χ0v) is 19.8. The third kappa shape index (κ3) is 5.81. The van der Waals surface area contributed by atoms with Gasteiger partial charge in [-0.3, -0.25) is 0 Å². The fourth-order valence-electron chi connectivity index (χ4n) is 5.61. The smallest absolute Gasteiger partial charge is 0.335 e. The van der Waals surface area contributed by atoms with E-state index in [4.69, 9.17) is 26.2 Å². The number of hydrogen-bond donors (Lipinski definition) is 2. The van der Waals surface area contributed by atoms with E-state index in [1.807, 2.05) is 6.92 Å². The molecule has 0 bridgehead atoms. The maximum absolute atomic E-state index is 11.1. The minimum atomic E-state index is -1.01. The second-order valence-electron chi connectivity index (χ2n) is 9.74. The maximum atomic E-state index is 11.1. The summed E-state index contributed by atoms with van der Waals surface area (Å²) < 4.78 is 12.1. The molecule has 6 heteroatoms. The van der Waals surface area contributed by atoms with Gasteiger partial charge in [-0.15, -0.1) is 0 Å². The summed E-state index contributed by atoms with van der Waals surface area (Å²) in [4.78, 5) is 11.1. The zero-order valence-electron chi connectivity index (χ0n) is 19.1. The van der Waals surface area contributed by atoms with E-state index >= 15 is 0 Å². The number of carboxylic acid groups (broad SMARTS) is 1. The molecule has 2 aliphatic rings. The highest BCUT2D eigenvalue weighted by atomic mass is 35.5. The summed E-state index contributed by atoms with van der Waals surface area (Å²) in [7, 11) is 0. The van der Waals surface area contributed by atoms with Crippen molar-refractivity contribution in [2.45, 2.75) is 78.3 Å². The van der Waals surface area contributed by atoms with Crippen molar-refractivity contribution >= 4 is 17.6 Å². The number of aliphatic hydroxyl groups is 1. The fourth-order valence-corrected chi connectivity index (χ4v) is 5.84. The van der Waals surface area contributed by atoms with Gasteiger partial charge in [0.05, 0.1) is 37.1 Å². The van der Waals surface area contributed by atoms with E-state index in [2.05, 4.69) is 20.8 Å². The highest BCUT2D eigenvalue weighted by molar-refractivity contribution is 6.31. The minimum absolute atomic E-state index is 0.108. The average molecular weight is 453 g/mol. The second kappa shape index (κ2) is 10.7. The van der Waals surface area contributed by atoms with Crippen molar-refractivity contribution in [1.82, 2.24) is 0 Å². The Bertz CT molecular complexity index is 753. The number of benzene rings is 1. The van der Waals surface area contributed by atoms with E-state index in [1.54, 1.807) is 6.07 Å². The highest BCUT2D eigenvalue weighted by Crippen LogP contribution is 2.47. The van der Waals surface area contributed by atoms with Crippen LogP contribution in [0.15, 0.2) is 18.2 Å². The van der Waals surface area contributed by atoms with Crippen LogP contribution < -0.4 is 0 Å². The number of ether oxygens (including phenoxy) is 2. The van der Waals surface area contributed by atoms with Crippen molar-refractivity contribution < 1.29 is 24.5 Å². The Kier molecular flexibility index (Phi) is 8.42. The van der Waals surface area contributed by atoms with E-state index in [-0.39, 0.29) is 24.2 Å². The van der Waals surface area contributed by atoms with Crippen molar-refractivity contribution in [3.05, 3.63) is 34.3 Å². The number of rotatable bonds is 7. The number of halogens is 1. The first-order valence-electron chi connectivity index (χ1n) is 11.6.